The van der Waals surface area contributed by atoms with E-state index in [1.807, 2.05) is 0 Å². The third kappa shape index (κ3) is 3.14. The van der Waals surface area contributed by atoms with Crippen LogP contribution in [0.4, 0.5) is 10.1 Å². The van der Waals surface area contributed by atoms with E-state index in [2.05, 4.69) is 9.71 Å². The number of pyridine rings is 1. The minimum Gasteiger partial charge on any atom is -0.269 e. The Morgan fingerprint density at radius 2 is 2.00 bits per heavy atom. The molecule has 5 nitrogen and oxygen atoms in total. The van der Waals surface area contributed by atoms with Gasteiger partial charge in [-0.25, -0.2) is 4.98 Å². The lowest BCUT2D eigenvalue weighted by Gasteiger charge is -2.19. The van der Waals surface area contributed by atoms with Crippen molar-refractivity contribution in [3.05, 3.63) is 24.3 Å². The summed E-state index contributed by atoms with van der Waals surface area (Å²) in [6, 6.07) is 2.42. The fraction of sp³-hybridized carbons (Fsp3) is 0.444. The van der Waals surface area contributed by atoms with Crippen LogP contribution in [-0.4, -0.2) is 30.8 Å². The number of hydrogen-bond donors (Lipinski definition) is 1. The average molecular weight is 247 g/mol. The first-order valence-corrected chi connectivity index (χ1v) is 6.33. The van der Waals surface area contributed by atoms with Crippen molar-refractivity contribution in [3.63, 3.8) is 0 Å². The summed E-state index contributed by atoms with van der Waals surface area (Å²) in [6.45, 7) is 4.23. The van der Waals surface area contributed by atoms with Crippen LogP contribution in [0.2, 0.25) is 0 Å². The zero-order valence-electron chi connectivity index (χ0n) is 9.14. The third-order valence-electron chi connectivity index (χ3n) is 2.02. The molecule has 1 rings (SSSR count). The van der Waals surface area contributed by atoms with E-state index in [4.69, 9.17) is 0 Å². The minimum absolute atomic E-state index is 0.244. The number of hydrogen-bond acceptors (Lipinski definition) is 3. The topological polar surface area (TPSA) is 62.3 Å². The van der Waals surface area contributed by atoms with Gasteiger partial charge >= 0.3 is 10.2 Å². The summed E-state index contributed by atoms with van der Waals surface area (Å²) in [7, 11) is -3.57. The molecule has 0 saturated carbocycles. The molecule has 0 fully saturated rings. The van der Waals surface area contributed by atoms with Gasteiger partial charge in [-0.3, -0.25) is 4.72 Å². The largest absolute Gasteiger partial charge is 0.301 e. The number of anilines is 1. The highest BCUT2D eigenvalue weighted by Crippen LogP contribution is 2.10. The number of aromatic nitrogens is 1. The molecule has 1 heterocycles. The summed E-state index contributed by atoms with van der Waals surface area (Å²) in [5.74, 6) is -0.647. The van der Waals surface area contributed by atoms with Crippen molar-refractivity contribution in [1.29, 1.82) is 0 Å². The molecule has 0 radical (unpaired) electrons. The maximum atomic E-state index is 12.5. The number of nitrogens with one attached hydrogen (secondary N) is 1. The normalized spacial score (nSPS) is 11.8. The zero-order chi connectivity index (χ0) is 12.2. The van der Waals surface area contributed by atoms with Crippen LogP contribution in [0.3, 0.4) is 0 Å². The van der Waals surface area contributed by atoms with Crippen molar-refractivity contribution in [2.75, 3.05) is 17.8 Å². The van der Waals surface area contributed by atoms with Crippen LogP contribution in [0.25, 0.3) is 0 Å². The summed E-state index contributed by atoms with van der Waals surface area (Å²) < 4.78 is 39.6. The molecule has 1 N–H and O–H groups in total. The second-order valence-electron chi connectivity index (χ2n) is 3.06. The van der Waals surface area contributed by atoms with Crippen LogP contribution >= 0.6 is 0 Å². The summed E-state index contributed by atoms with van der Waals surface area (Å²) in [5.41, 5.74) is 0.244. The average Bonchev–Trinajstić information content (AvgIpc) is 2.22. The Morgan fingerprint density at radius 3 is 2.44 bits per heavy atom. The van der Waals surface area contributed by atoms with Crippen molar-refractivity contribution in [2.45, 2.75) is 13.8 Å². The fourth-order valence-electron chi connectivity index (χ4n) is 1.21. The molecule has 90 valence electrons. The Kier molecular flexibility index (Phi) is 4.19. The summed E-state index contributed by atoms with van der Waals surface area (Å²) in [5, 5.41) is 0. The Labute approximate surface area is 94.5 Å². The van der Waals surface area contributed by atoms with Crippen LogP contribution in [-0.2, 0) is 10.2 Å². The van der Waals surface area contributed by atoms with Gasteiger partial charge in [0.05, 0.1) is 11.9 Å². The van der Waals surface area contributed by atoms with E-state index >= 15 is 0 Å². The molecule has 0 saturated heterocycles. The molecule has 0 spiro atoms. The monoisotopic (exact) mass is 247 g/mol. The molecule has 0 amide bonds. The quantitative estimate of drug-likeness (QED) is 0.796. The van der Waals surface area contributed by atoms with E-state index in [1.165, 1.54) is 10.4 Å². The Balaban J connectivity index is 2.84. The van der Waals surface area contributed by atoms with Gasteiger partial charge in [0.15, 0.2) is 0 Å². The van der Waals surface area contributed by atoms with Gasteiger partial charge in [0.1, 0.15) is 0 Å². The molecule has 0 aliphatic heterocycles. The van der Waals surface area contributed by atoms with Gasteiger partial charge in [0, 0.05) is 13.1 Å². The first-order valence-electron chi connectivity index (χ1n) is 4.89. The van der Waals surface area contributed by atoms with Crippen molar-refractivity contribution < 1.29 is 12.8 Å². The summed E-state index contributed by atoms with van der Waals surface area (Å²) in [4.78, 5) is 3.36. The van der Waals surface area contributed by atoms with E-state index in [-0.39, 0.29) is 5.69 Å². The van der Waals surface area contributed by atoms with Gasteiger partial charge in [0.2, 0.25) is 5.95 Å². The Bertz CT molecular complexity index is 429. The van der Waals surface area contributed by atoms with E-state index < -0.39 is 16.2 Å². The SMILES string of the molecule is CCN(CC)S(=O)(=O)Nc1ccc(F)nc1. The highest BCUT2D eigenvalue weighted by molar-refractivity contribution is 7.90. The summed E-state index contributed by atoms with van der Waals surface area (Å²) >= 11 is 0. The zero-order valence-corrected chi connectivity index (χ0v) is 9.96. The summed E-state index contributed by atoms with van der Waals surface area (Å²) in [6.07, 6.45) is 1.14. The van der Waals surface area contributed by atoms with Gasteiger partial charge in [-0.1, -0.05) is 13.8 Å². The van der Waals surface area contributed by atoms with E-state index in [9.17, 15) is 12.8 Å². The lowest BCUT2D eigenvalue weighted by atomic mass is 10.4. The van der Waals surface area contributed by atoms with E-state index in [0.717, 1.165) is 12.3 Å². The highest BCUT2D eigenvalue weighted by atomic mass is 32.2. The number of nitrogens with zero attached hydrogens (tertiary/aromatic N) is 2. The van der Waals surface area contributed by atoms with Crippen LogP contribution in [0.15, 0.2) is 18.3 Å². The number of rotatable bonds is 5. The van der Waals surface area contributed by atoms with Gasteiger partial charge in [-0.15, -0.1) is 0 Å². The first kappa shape index (κ1) is 12.9. The maximum absolute atomic E-state index is 12.5. The van der Waals surface area contributed by atoms with Crippen LogP contribution < -0.4 is 4.72 Å². The molecule has 1 aromatic heterocycles. The van der Waals surface area contributed by atoms with Gasteiger partial charge in [-0.2, -0.15) is 17.1 Å². The fourth-order valence-corrected chi connectivity index (χ4v) is 2.44. The molecule has 0 bridgehead atoms. The minimum atomic E-state index is -3.57. The van der Waals surface area contributed by atoms with E-state index in [1.54, 1.807) is 13.8 Å². The van der Waals surface area contributed by atoms with Crippen LogP contribution in [0, 0.1) is 5.95 Å². The molecule has 0 aliphatic carbocycles. The van der Waals surface area contributed by atoms with Gasteiger partial charge < -0.3 is 0 Å². The van der Waals surface area contributed by atoms with Crippen LogP contribution in [0.5, 0.6) is 0 Å². The Morgan fingerprint density at radius 1 is 1.38 bits per heavy atom. The second-order valence-corrected chi connectivity index (χ2v) is 4.73. The lowest BCUT2D eigenvalue weighted by molar-refractivity contribution is 0.449. The number of halogens is 1. The van der Waals surface area contributed by atoms with E-state index in [0.29, 0.717) is 13.1 Å². The van der Waals surface area contributed by atoms with Gasteiger partial charge in [-0.05, 0) is 12.1 Å². The standard InChI is InChI=1S/C9H14FN3O2S/c1-3-13(4-2)16(14,15)12-8-5-6-9(10)11-7-8/h5-7,12H,3-4H2,1-2H3. The van der Waals surface area contributed by atoms with Crippen molar-refractivity contribution >= 4 is 15.9 Å². The van der Waals surface area contributed by atoms with Crippen molar-refractivity contribution in [1.82, 2.24) is 9.29 Å². The van der Waals surface area contributed by atoms with Crippen molar-refractivity contribution in [2.24, 2.45) is 0 Å². The second kappa shape index (κ2) is 5.22. The molecule has 0 aliphatic rings. The maximum Gasteiger partial charge on any atom is 0.301 e. The molecular weight excluding hydrogens is 233 g/mol. The predicted octanol–water partition coefficient (Wildman–Crippen LogP) is 1.22. The first-order chi connectivity index (χ1) is 7.49. The van der Waals surface area contributed by atoms with Crippen LogP contribution in [0.1, 0.15) is 13.8 Å². The third-order valence-corrected chi connectivity index (χ3v) is 3.71. The molecule has 0 atom stereocenters. The predicted molar refractivity (Wildman–Crippen MR) is 59.7 cm³/mol. The highest BCUT2D eigenvalue weighted by Gasteiger charge is 2.18. The van der Waals surface area contributed by atoms with Crippen molar-refractivity contribution in [3.8, 4) is 0 Å². The lowest BCUT2D eigenvalue weighted by Crippen LogP contribution is -2.35. The molecule has 7 heteroatoms. The molecule has 0 unspecified atom stereocenters. The molecular formula is C9H14FN3O2S. The molecule has 1 aromatic rings. The smallest absolute Gasteiger partial charge is 0.269 e. The Hall–Kier alpha value is -1.21. The van der Waals surface area contributed by atoms with Gasteiger partial charge in [0.25, 0.3) is 0 Å². The molecule has 0 aromatic carbocycles. The molecule has 16 heavy (non-hydrogen) atoms.